The van der Waals surface area contributed by atoms with Crippen LogP contribution >= 0.6 is 11.3 Å². The number of hydrogen-bond acceptors (Lipinski definition) is 3. The normalized spacial score (nSPS) is 26.4. The first-order valence-corrected chi connectivity index (χ1v) is 5.53. The monoisotopic (exact) mass is 197 g/mol. The van der Waals surface area contributed by atoms with Crippen molar-refractivity contribution in [3.63, 3.8) is 0 Å². The summed E-state index contributed by atoms with van der Waals surface area (Å²) in [5.74, 6) is 0. The van der Waals surface area contributed by atoms with Crippen LogP contribution in [0, 0.1) is 0 Å². The van der Waals surface area contributed by atoms with E-state index >= 15 is 0 Å². The number of hydrogen-bond donors (Lipinski definition) is 2. The Labute approximate surface area is 82.4 Å². The van der Waals surface area contributed by atoms with E-state index in [-0.39, 0.29) is 6.61 Å². The third-order valence-electron chi connectivity index (χ3n) is 2.78. The van der Waals surface area contributed by atoms with E-state index < -0.39 is 5.54 Å². The van der Waals surface area contributed by atoms with Crippen molar-refractivity contribution in [1.82, 2.24) is 0 Å². The minimum atomic E-state index is -0.437. The minimum Gasteiger partial charge on any atom is -0.394 e. The molecule has 2 nitrogen and oxygen atoms in total. The van der Waals surface area contributed by atoms with Gasteiger partial charge in [-0.2, -0.15) is 0 Å². The van der Waals surface area contributed by atoms with Gasteiger partial charge in [-0.25, -0.2) is 0 Å². The van der Waals surface area contributed by atoms with Crippen LogP contribution in [-0.4, -0.2) is 11.7 Å². The van der Waals surface area contributed by atoms with Crippen molar-refractivity contribution in [3.8, 4) is 0 Å². The molecule has 1 aliphatic carbocycles. The van der Waals surface area contributed by atoms with Crippen LogP contribution in [0.4, 0.5) is 0 Å². The molecular formula is C10H15NOS. The molecule has 0 aromatic carbocycles. The van der Waals surface area contributed by atoms with E-state index in [0.717, 1.165) is 19.3 Å². The molecule has 1 aromatic heterocycles. The lowest BCUT2D eigenvalue weighted by Crippen LogP contribution is -2.37. The Kier molecular flexibility index (Phi) is 2.18. The van der Waals surface area contributed by atoms with Crippen LogP contribution in [0.3, 0.4) is 0 Å². The molecule has 1 unspecified atom stereocenters. The Bertz CT molecular complexity index is 321. The smallest absolute Gasteiger partial charge is 0.0743 e. The zero-order valence-corrected chi connectivity index (χ0v) is 8.66. The fraction of sp³-hybridized carbons (Fsp3) is 0.600. The van der Waals surface area contributed by atoms with Crippen molar-refractivity contribution < 1.29 is 5.11 Å². The number of rotatable bonds is 2. The van der Waals surface area contributed by atoms with Gasteiger partial charge in [-0.3, -0.25) is 0 Å². The highest BCUT2D eigenvalue weighted by molar-refractivity contribution is 7.12. The van der Waals surface area contributed by atoms with Crippen molar-refractivity contribution in [3.05, 3.63) is 21.4 Å². The lowest BCUT2D eigenvalue weighted by molar-refractivity contribution is 0.199. The molecule has 3 N–H and O–H groups in total. The average Bonchev–Trinajstić information content (AvgIpc) is 2.67. The first-order chi connectivity index (χ1) is 6.19. The first kappa shape index (κ1) is 9.19. The summed E-state index contributed by atoms with van der Waals surface area (Å²) in [5.41, 5.74) is 7.02. The van der Waals surface area contributed by atoms with Gasteiger partial charge in [0.25, 0.3) is 0 Å². The molecule has 1 atom stereocenters. The molecule has 13 heavy (non-hydrogen) atoms. The zero-order valence-electron chi connectivity index (χ0n) is 7.84. The maximum atomic E-state index is 9.24. The molecule has 72 valence electrons. The second-order valence-corrected chi connectivity index (χ2v) is 4.87. The molecule has 0 radical (unpaired) electrons. The fourth-order valence-corrected chi connectivity index (χ4v) is 3.16. The quantitative estimate of drug-likeness (QED) is 0.753. The van der Waals surface area contributed by atoms with Gasteiger partial charge in [0.1, 0.15) is 0 Å². The molecule has 0 fully saturated rings. The Balaban J connectivity index is 2.41. The molecule has 0 saturated carbocycles. The molecule has 3 heteroatoms. The summed E-state index contributed by atoms with van der Waals surface area (Å²) in [6, 6.07) is 2.24. The fourth-order valence-electron chi connectivity index (χ4n) is 1.89. The van der Waals surface area contributed by atoms with Crippen molar-refractivity contribution in [2.75, 3.05) is 6.61 Å². The van der Waals surface area contributed by atoms with Gasteiger partial charge in [0, 0.05) is 9.75 Å². The van der Waals surface area contributed by atoms with Gasteiger partial charge in [0.15, 0.2) is 0 Å². The predicted molar refractivity (Wildman–Crippen MR) is 55.0 cm³/mol. The SMILES string of the molecule is CCc1cc2c(s1)C(N)(CO)CC2. The minimum absolute atomic E-state index is 0.0731. The van der Waals surface area contributed by atoms with E-state index in [1.807, 2.05) is 0 Å². The van der Waals surface area contributed by atoms with Crippen LogP contribution in [0.25, 0.3) is 0 Å². The summed E-state index contributed by atoms with van der Waals surface area (Å²) < 4.78 is 0. The second kappa shape index (κ2) is 3.08. The summed E-state index contributed by atoms with van der Waals surface area (Å²) in [6.45, 7) is 2.22. The van der Waals surface area contributed by atoms with Crippen LogP contribution in [-0.2, 0) is 18.4 Å². The molecule has 0 bridgehead atoms. The molecule has 1 heterocycles. The predicted octanol–water partition coefficient (Wildman–Crippen LogP) is 1.40. The van der Waals surface area contributed by atoms with Gasteiger partial charge >= 0.3 is 0 Å². The van der Waals surface area contributed by atoms with E-state index in [1.165, 1.54) is 15.3 Å². The second-order valence-electron chi connectivity index (χ2n) is 3.73. The molecule has 2 rings (SSSR count). The Hall–Kier alpha value is -0.380. The number of aliphatic hydroxyl groups is 1. The summed E-state index contributed by atoms with van der Waals surface area (Å²) in [6.07, 6.45) is 3.00. The van der Waals surface area contributed by atoms with E-state index in [1.54, 1.807) is 11.3 Å². The van der Waals surface area contributed by atoms with Gasteiger partial charge in [0.2, 0.25) is 0 Å². The van der Waals surface area contributed by atoms with Gasteiger partial charge in [0.05, 0.1) is 12.1 Å². The third kappa shape index (κ3) is 1.31. The standard InChI is InChI=1S/C10H15NOS/c1-2-8-5-7-3-4-10(11,6-12)9(7)13-8/h5,12H,2-4,6,11H2,1H3. The van der Waals surface area contributed by atoms with Crippen LogP contribution in [0.5, 0.6) is 0 Å². The van der Waals surface area contributed by atoms with E-state index in [4.69, 9.17) is 5.73 Å². The van der Waals surface area contributed by atoms with E-state index in [9.17, 15) is 5.11 Å². The molecule has 0 amide bonds. The molecular weight excluding hydrogens is 182 g/mol. The molecule has 0 aliphatic heterocycles. The lowest BCUT2D eigenvalue weighted by Gasteiger charge is -2.20. The van der Waals surface area contributed by atoms with E-state index in [2.05, 4.69) is 13.0 Å². The van der Waals surface area contributed by atoms with Crippen molar-refractivity contribution >= 4 is 11.3 Å². The van der Waals surface area contributed by atoms with Gasteiger partial charge in [-0.05, 0) is 30.9 Å². The topological polar surface area (TPSA) is 46.2 Å². The summed E-state index contributed by atoms with van der Waals surface area (Å²) in [5, 5.41) is 9.24. The van der Waals surface area contributed by atoms with Crippen molar-refractivity contribution in [2.24, 2.45) is 5.73 Å². The Morgan fingerprint density at radius 1 is 1.69 bits per heavy atom. The first-order valence-electron chi connectivity index (χ1n) is 4.71. The highest BCUT2D eigenvalue weighted by Crippen LogP contribution is 2.40. The molecule has 0 spiro atoms. The zero-order chi connectivity index (χ0) is 9.47. The maximum Gasteiger partial charge on any atom is 0.0743 e. The van der Waals surface area contributed by atoms with Crippen LogP contribution in [0.2, 0.25) is 0 Å². The Morgan fingerprint density at radius 2 is 2.46 bits per heavy atom. The lowest BCUT2D eigenvalue weighted by atomic mass is 10.0. The highest BCUT2D eigenvalue weighted by atomic mass is 32.1. The van der Waals surface area contributed by atoms with Gasteiger partial charge in [-0.15, -0.1) is 11.3 Å². The summed E-state index contributed by atoms with van der Waals surface area (Å²) in [7, 11) is 0. The van der Waals surface area contributed by atoms with Gasteiger partial charge < -0.3 is 10.8 Å². The van der Waals surface area contributed by atoms with Gasteiger partial charge in [-0.1, -0.05) is 6.92 Å². The van der Waals surface area contributed by atoms with Crippen molar-refractivity contribution in [2.45, 2.75) is 31.7 Å². The maximum absolute atomic E-state index is 9.24. The van der Waals surface area contributed by atoms with Crippen molar-refractivity contribution in [1.29, 1.82) is 0 Å². The average molecular weight is 197 g/mol. The number of aryl methyl sites for hydroxylation is 2. The summed E-state index contributed by atoms with van der Waals surface area (Å²) >= 11 is 1.77. The number of nitrogens with two attached hydrogens (primary N) is 1. The van der Waals surface area contributed by atoms with Crippen LogP contribution in [0.15, 0.2) is 6.07 Å². The van der Waals surface area contributed by atoms with Crippen LogP contribution in [0.1, 0.15) is 28.7 Å². The molecule has 1 aromatic rings. The van der Waals surface area contributed by atoms with Crippen LogP contribution < -0.4 is 5.73 Å². The number of thiophene rings is 1. The molecule has 0 saturated heterocycles. The summed E-state index contributed by atoms with van der Waals surface area (Å²) in [4.78, 5) is 2.60. The molecule has 1 aliphatic rings. The van der Waals surface area contributed by atoms with E-state index in [0.29, 0.717) is 0 Å². The Morgan fingerprint density at radius 3 is 3.08 bits per heavy atom. The number of fused-ring (bicyclic) bond motifs is 1. The number of aliphatic hydroxyl groups excluding tert-OH is 1. The largest absolute Gasteiger partial charge is 0.394 e. The highest BCUT2D eigenvalue weighted by Gasteiger charge is 2.36. The third-order valence-corrected chi connectivity index (χ3v) is 4.32.